The number of piperazine rings is 1. The van der Waals surface area contributed by atoms with Crippen molar-refractivity contribution >= 4 is 23.4 Å². The smallest absolute Gasteiger partial charge is 0.191 e. The fourth-order valence-electron chi connectivity index (χ4n) is 3.30. The lowest BCUT2D eigenvalue weighted by Gasteiger charge is -2.33. The molecule has 0 spiro atoms. The van der Waals surface area contributed by atoms with Crippen molar-refractivity contribution in [3.05, 3.63) is 58.7 Å². The van der Waals surface area contributed by atoms with Crippen LogP contribution in [0.3, 0.4) is 0 Å². The molecule has 29 heavy (non-hydrogen) atoms. The van der Waals surface area contributed by atoms with Gasteiger partial charge in [-0.3, -0.25) is 0 Å². The van der Waals surface area contributed by atoms with E-state index in [-0.39, 0.29) is 0 Å². The molecular weight excluding hydrogens is 384 g/mol. The molecule has 6 nitrogen and oxygen atoms in total. The first kappa shape index (κ1) is 21.4. The van der Waals surface area contributed by atoms with E-state index in [0.717, 1.165) is 73.6 Å². The molecule has 1 saturated heterocycles. The predicted octanol–water partition coefficient (Wildman–Crippen LogP) is 2.78. The zero-order chi connectivity index (χ0) is 20.5. The average molecular weight is 415 g/mol. The van der Waals surface area contributed by atoms with Gasteiger partial charge in [-0.15, -0.1) is 0 Å². The van der Waals surface area contributed by atoms with Crippen molar-refractivity contribution in [3.8, 4) is 0 Å². The first-order chi connectivity index (χ1) is 14.2. The van der Waals surface area contributed by atoms with Crippen LogP contribution in [0.4, 0.5) is 5.82 Å². The van der Waals surface area contributed by atoms with E-state index in [9.17, 15) is 0 Å². The van der Waals surface area contributed by atoms with Crippen molar-refractivity contribution in [3.63, 3.8) is 0 Å². The van der Waals surface area contributed by atoms with E-state index in [4.69, 9.17) is 16.6 Å². The van der Waals surface area contributed by atoms with Crippen molar-refractivity contribution < 1.29 is 0 Å². The zero-order valence-corrected chi connectivity index (χ0v) is 18.1. The summed E-state index contributed by atoms with van der Waals surface area (Å²) in [6, 6.07) is 12.2. The lowest BCUT2D eigenvalue weighted by molar-refractivity contribution is 0.312. The summed E-state index contributed by atoms with van der Waals surface area (Å²) in [4.78, 5) is 14.0. The van der Waals surface area contributed by atoms with Gasteiger partial charge in [-0.2, -0.15) is 0 Å². The zero-order valence-electron chi connectivity index (χ0n) is 17.4. The molecule has 0 saturated carbocycles. The number of pyridine rings is 1. The number of rotatable bonds is 7. The van der Waals surface area contributed by atoms with Gasteiger partial charge in [0, 0.05) is 50.5 Å². The number of nitrogens with zero attached hydrogens (tertiary/aromatic N) is 4. The molecule has 0 bridgehead atoms. The van der Waals surface area contributed by atoms with Crippen molar-refractivity contribution in [2.24, 2.45) is 4.99 Å². The average Bonchev–Trinajstić information content (AvgIpc) is 2.74. The van der Waals surface area contributed by atoms with Crippen LogP contribution in [0.2, 0.25) is 5.02 Å². The standard InChI is InChI=1S/C22H31ClN6/c1-3-24-22(26-11-9-19-6-4-5-7-20(19)23)27-17-18-8-10-25-21(16-18)29-14-12-28(2)13-15-29/h4-8,10,16H,3,9,11-15,17H2,1-2H3,(H2,24,26,27). The van der Waals surface area contributed by atoms with Crippen LogP contribution >= 0.6 is 11.6 Å². The summed E-state index contributed by atoms with van der Waals surface area (Å²) in [6.07, 6.45) is 2.74. The molecule has 1 aliphatic heterocycles. The van der Waals surface area contributed by atoms with Gasteiger partial charge < -0.3 is 20.4 Å². The largest absolute Gasteiger partial charge is 0.357 e. The Kier molecular flexibility index (Phi) is 8.14. The first-order valence-corrected chi connectivity index (χ1v) is 10.7. The van der Waals surface area contributed by atoms with Gasteiger partial charge in [-0.1, -0.05) is 29.8 Å². The van der Waals surface area contributed by atoms with E-state index in [1.807, 2.05) is 30.5 Å². The number of guanidine groups is 1. The molecule has 2 N–H and O–H groups in total. The van der Waals surface area contributed by atoms with Crippen LogP contribution in [-0.2, 0) is 13.0 Å². The summed E-state index contributed by atoms with van der Waals surface area (Å²) in [7, 11) is 2.16. The second-order valence-corrected chi connectivity index (χ2v) is 7.68. The highest BCUT2D eigenvalue weighted by Crippen LogP contribution is 2.16. The Balaban J connectivity index is 1.56. The molecule has 1 aromatic carbocycles. The number of aromatic nitrogens is 1. The summed E-state index contributed by atoms with van der Waals surface area (Å²) in [5.74, 6) is 1.86. The van der Waals surface area contributed by atoms with Crippen LogP contribution in [0.1, 0.15) is 18.1 Å². The Hall–Kier alpha value is -2.31. The minimum Gasteiger partial charge on any atom is -0.357 e. The Bertz CT molecular complexity index is 801. The molecule has 156 valence electrons. The molecular formula is C22H31ClN6. The third-order valence-electron chi connectivity index (χ3n) is 5.05. The molecule has 0 atom stereocenters. The van der Waals surface area contributed by atoms with Crippen LogP contribution in [0, 0.1) is 0 Å². The van der Waals surface area contributed by atoms with Crippen molar-refractivity contribution in [2.45, 2.75) is 19.9 Å². The number of nitrogens with one attached hydrogen (secondary N) is 2. The summed E-state index contributed by atoms with van der Waals surface area (Å²) >= 11 is 6.24. The van der Waals surface area contributed by atoms with E-state index in [2.05, 4.69) is 51.5 Å². The molecule has 1 fully saturated rings. The number of hydrogen-bond donors (Lipinski definition) is 2. The molecule has 2 heterocycles. The van der Waals surface area contributed by atoms with Gasteiger partial charge in [0.15, 0.2) is 5.96 Å². The topological polar surface area (TPSA) is 55.8 Å². The number of aliphatic imine (C=N–C) groups is 1. The van der Waals surface area contributed by atoms with Gasteiger partial charge in [-0.05, 0) is 49.7 Å². The second-order valence-electron chi connectivity index (χ2n) is 7.28. The van der Waals surface area contributed by atoms with E-state index < -0.39 is 0 Å². The Morgan fingerprint density at radius 2 is 1.93 bits per heavy atom. The molecule has 0 radical (unpaired) electrons. The second kappa shape index (κ2) is 11.0. The van der Waals surface area contributed by atoms with Crippen LogP contribution < -0.4 is 15.5 Å². The third kappa shape index (κ3) is 6.61. The minimum absolute atomic E-state index is 0.616. The minimum atomic E-state index is 0.616. The number of hydrogen-bond acceptors (Lipinski definition) is 4. The summed E-state index contributed by atoms with van der Waals surface area (Å²) < 4.78 is 0. The molecule has 0 amide bonds. The maximum atomic E-state index is 6.24. The van der Waals surface area contributed by atoms with Crippen LogP contribution in [0.15, 0.2) is 47.6 Å². The molecule has 7 heteroatoms. The normalized spacial score (nSPS) is 15.4. The van der Waals surface area contributed by atoms with Gasteiger partial charge in [0.2, 0.25) is 0 Å². The SMILES string of the molecule is CCNC(=NCc1ccnc(N2CCN(C)CC2)c1)NCCc1ccccc1Cl. The molecule has 1 aliphatic rings. The maximum Gasteiger partial charge on any atom is 0.191 e. The number of likely N-dealkylation sites (N-methyl/N-ethyl adjacent to an activating group) is 1. The van der Waals surface area contributed by atoms with Crippen LogP contribution in [0.5, 0.6) is 0 Å². The summed E-state index contributed by atoms with van der Waals surface area (Å²) in [5.41, 5.74) is 2.31. The molecule has 3 rings (SSSR count). The van der Waals surface area contributed by atoms with E-state index >= 15 is 0 Å². The number of benzene rings is 1. The Morgan fingerprint density at radius 1 is 1.14 bits per heavy atom. The fourth-order valence-corrected chi connectivity index (χ4v) is 3.53. The Morgan fingerprint density at radius 3 is 2.69 bits per heavy atom. The fraction of sp³-hybridized carbons (Fsp3) is 0.455. The van der Waals surface area contributed by atoms with Crippen molar-refractivity contribution in [1.82, 2.24) is 20.5 Å². The van der Waals surface area contributed by atoms with Crippen molar-refractivity contribution in [2.75, 3.05) is 51.2 Å². The molecule has 0 unspecified atom stereocenters. The van der Waals surface area contributed by atoms with Gasteiger partial charge in [-0.25, -0.2) is 9.98 Å². The van der Waals surface area contributed by atoms with E-state index in [1.165, 1.54) is 0 Å². The lowest BCUT2D eigenvalue weighted by Crippen LogP contribution is -2.44. The first-order valence-electron chi connectivity index (χ1n) is 10.3. The highest BCUT2D eigenvalue weighted by atomic mass is 35.5. The number of halogens is 1. The highest BCUT2D eigenvalue weighted by Gasteiger charge is 2.15. The lowest BCUT2D eigenvalue weighted by atomic mass is 10.1. The Labute approximate surface area is 179 Å². The van der Waals surface area contributed by atoms with Gasteiger partial charge in [0.25, 0.3) is 0 Å². The van der Waals surface area contributed by atoms with Gasteiger partial charge in [0.05, 0.1) is 6.54 Å². The van der Waals surface area contributed by atoms with Crippen LogP contribution in [0.25, 0.3) is 0 Å². The van der Waals surface area contributed by atoms with E-state index in [0.29, 0.717) is 6.54 Å². The third-order valence-corrected chi connectivity index (χ3v) is 5.41. The quantitative estimate of drug-likeness (QED) is 0.539. The van der Waals surface area contributed by atoms with Crippen LogP contribution in [-0.4, -0.2) is 62.2 Å². The summed E-state index contributed by atoms with van der Waals surface area (Å²) in [5, 5.41) is 7.52. The highest BCUT2D eigenvalue weighted by molar-refractivity contribution is 6.31. The molecule has 2 aromatic rings. The summed E-state index contributed by atoms with van der Waals surface area (Å²) in [6.45, 7) is 8.46. The maximum absolute atomic E-state index is 6.24. The van der Waals surface area contributed by atoms with Crippen molar-refractivity contribution in [1.29, 1.82) is 0 Å². The van der Waals surface area contributed by atoms with E-state index in [1.54, 1.807) is 0 Å². The van der Waals surface area contributed by atoms with Gasteiger partial charge >= 0.3 is 0 Å². The predicted molar refractivity (Wildman–Crippen MR) is 122 cm³/mol. The monoisotopic (exact) mass is 414 g/mol. The molecule has 0 aliphatic carbocycles. The van der Waals surface area contributed by atoms with Gasteiger partial charge in [0.1, 0.15) is 5.82 Å². The molecule has 1 aromatic heterocycles. The number of anilines is 1.